The molecule has 0 unspecified atom stereocenters. The lowest BCUT2D eigenvalue weighted by Gasteiger charge is -2.12. The Morgan fingerprint density at radius 1 is 1.22 bits per heavy atom. The van der Waals surface area contributed by atoms with E-state index in [-0.39, 0.29) is 12.4 Å². The minimum Gasteiger partial charge on any atom is -0.492 e. The van der Waals surface area contributed by atoms with Crippen LogP contribution in [0.15, 0.2) is 56.8 Å². The molecule has 0 aliphatic rings. The summed E-state index contributed by atoms with van der Waals surface area (Å²) >= 11 is 0. The first-order valence-electron chi connectivity index (χ1n) is 8.27. The number of nitrogens with one attached hydrogen (secondary N) is 1. The summed E-state index contributed by atoms with van der Waals surface area (Å²) in [6, 6.07) is 8.45. The smallest absolute Gasteiger partial charge is 0.321 e. The first-order chi connectivity index (χ1) is 13.0. The number of carbonyl (C=O) groups is 1. The van der Waals surface area contributed by atoms with E-state index in [0.29, 0.717) is 23.8 Å². The van der Waals surface area contributed by atoms with Crippen molar-refractivity contribution in [3.63, 3.8) is 0 Å². The highest BCUT2D eigenvalue weighted by Gasteiger charge is 2.13. The van der Waals surface area contributed by atoms with Gasteiger partial charge in [0.1, 0.15) is 18.1 Å². The fourth-order valence-electron chi connectivity index (χ4n) is 2.52. The van der Waals surface area contributed by atoms with Crippen molar-refractivity contribution >= 4 is 11.7 Å². The predicted octanol–water partition coefficient (Wildman–Crippen LogP) is 1.33. The summed E-state index contributed by atoms with van der Waals surface area (Å²) in [5.41, 5.74) is -1.15. The lowest BCUT2D eigenvalue weighted by molar-refractivity contribution is -0.116. The Bertz CT molecular complexity index is 1080. The van der Waals surface area contributed by atoms with E-state index in [9.17, 15) is 14.4 Å². The molecule has 0 aliphatic carbocycles. The summed E-state index contributed by atoms with van der Waals surface area (Å²) < 4.78 is 12.6. The second-order valence-electron chi connectivity index (χ2n) is 5.68. The quantitative estimate of drug-likeness (QED) is 0.656. The number of para-hydroxylation sites is 2. The van der Waals surface area contributed by atoms with Gasteiger partial charge in [-0.05, 0) is 26.0 Å². The Kier molecular flexibility index (Phi) is 5.20. The molecule has 3 rings (SSSR count). The fourth-order valence-corrected chi connectivity index (χ4v) is 2.52. The molecule has 27 heavy (non-hydrogen) atoms. The normalized spacial score (nSPS) is 10.6. The molecule has 0 saturated heterocycles. The molecule has 3 aromatic rings. The summed E-state index contributed by atoms with van der Waals surface area (Å²) in [5.74, 6) is 0.762. The van der Waals surface area contributed by atoms with Gasteiger partial charge >= 0.3 is 11.1 Å². The molecule has 0 fully saturated rings. The Morgan fingerprint density at radius 2 is 2.00 bits per heavy atom. The van der Waals surface area contributed by atoms with Crippen LogP contribution in [0.3, 0.4) is 0 Å². The lowest BCUT2D eigenvalue weighted by Crippen LogP contribution is -2.41. The third kappa shape index (κ3) is 3.97. The molecule has 0 radical (unpaired) electrons. The Balaban J connectivity index is 1.86. The van der Waals surface area contributed by atoms with E-state index in [0.717, 1.165) is 4.57 Å². The highest BCUT2D eigenvalue weighted by molar-refractivity contribution is 5.89. The Labute approximate surface area is 153 Å². The van der Waals surface area contributed by atoms with E-state index in [1.807, 2.05) is 6.92 Å². The average Bonchev–Trinajstić information content (AvgIpc) is 3.05. The van der Waals surface area contributed by atoms with Gasteiger partial charge in [-0.2, -0.15) is 0 Å². The summed E-state index contributed by atoms with van der Waals surface area (Å²) in [4.78, 5) is 37.0. The molecule has 9 heteroatoms. The van der Waals surface area contributed by atoms with Crippen molar-refractivity contribution in [2.75, 3.05) is 11.9 Å². The van der Waals surface area contributed by atoms with Gasteiger partial charge < -0.3 is 14.6 Å². The number of anilines is 1. The maximum Gasteiger partial charge on any atom is 0.321 e. The van der Waals surface area contributed by atoms with E-state index in [1.165, 1.54) is 17.0 Å². The standard InChI is InChI=1S/C18H18N4O5/c1-3-26-14-7-5-4-6-13(14)22-9-8-21(17(24)18(22)25)11-16(23)19-15-10-12(2)27-20-15/h4-10H,3,11H2,1-2H3,(H,19,20,23). The summed E-state index contributed by atoms with van der Waals surface area (Å²) in [7, 11) is 0. The number of rotatable bonds is 6. The van der Waals surface area contributed by atoms with Crippen molar-refractivity contribution in [3.8, 4) is 11.4 Å². The largest absolute Gasteiger partial charge is 0.492 e. The van der Waals surface area contributed by atoms with E-state index in [2.05, 4.69) is 10.5 Å². The molecule has 0 spiro atoms. The van der Waals surface area contributed by atoms with Crippen LogP contribution >= 0.6 is 0 Å². The van der Waals surface area contributed by atoms with E-state index >= 15 is 0 Å². The van der Waals surface area contributed by atoms with Crippen LogP contribution in [0.2, 0.25) is 0 Å². The molecule has 2 aromatic heterocycles. The van der Waals surface area contributed by atoms with E-state index in [4.69, 9.17) is 9.26 Å². The monoisotopic (exact) mass is 370 g/mol. The third-order valence-electron chi connectivity index (χ3n) is 3.69. The van der Waals surface area contributed by atoms with Crippen LogP contribution in [0, 0.1) is 6.92 Å². The number of nitrogens with zero attached hydrogens (tertiary/aromatic N) is 3. The van der Waals surface area contributed by atoms with Crippen LogP contribution in [0.25, 0.3) is 5.69 Å². The lowest BCUT2D eigenvalue weighted by atomic mass is 10.3. The van der Waals surface area contributed by atoms with Gasteiger partial charge in [0, 0.05) is 18.5 Å². The first-order valence-corrected chi connectivity index (χ1v) is 8.27. The molecule has 9 nitrogen and oxygen atoms in total. The Morgan fingerprint density at radius 3 is 2.70 bits per heavy atom. The van der Waals surface area contributed by atoms with Crippen LogP contribution in [0.1, 0.15) is 12.7 Å². The topological polar surface area (TPSA) is 108 Å². The number of amides is 1. The van der Waals surface area contributed by atoms with Gasteiger partial charge in [0.05, 0.1) is 12.3 Å². The number of hydrogen-bond acceptors (Lipinski definition) is 6. The van der Waals surface area contributed by atoms with Gasteiger partial charge in [-0.1, -0.05) is 17.3 Å². The second kappa shape index (κ2) is 7.73. The second-order valence-corrected chi connectivity index (χ2v) is 5.68. The van der Waals surface area contributed by atoms with Gasteiger partial charge in [-0.15, -0.1) is 0 Å². The maximum absolute atomic E-state index is 12.5. The van der Waals surface area contributed by atoms with Gasteiger partial charge in [-0.25, -0.2) is 0 Å². The molecule has 1 aromatic carbocycles. The molecule has 1 amide bonds. The molecule has 140 valence electrons. The highest BCUT2D eigenvalue weighted by Crippen LogP contribution is 2.20. The van der Waals surface area contributed by atoms with E-state index in [1.54, 1.807) is 37.3 Å². The van der Waals surface area contributed by atoms with Gasteiger partial charge in [0.2, 0.25) is 5.91 Å². The zero-order valence-corrected chi connectivity index (χ0v) is 14.8. The average molecular weight is 370 g/mol. The molecule has 2 heterocycles. The molecule has 0 aliphatic heterocycles. The number of aryl methyl sites for hydroxylation is 1. The number of aromatic nitrogens is 3. The zero-order valence-electron chi connectivity index (χ0n) is 14.8. The van der Waals surface area contributed by atoms with Crippen LogP contribution in [-0.4, -0.2) is 26.8 Å². The number of benzene rings is 1. The predicted molar refractivity (Wildman–Crippen MR) is 97.3 cm³/mol. The van der Waals surface area contributed by atoms with Crippen molar-refractivity contribution in [1.82, 2.24) is 14.3 Å². The van der Waals surface area contributed by atoms with Crippen molar-refractivity contribution in [2.24, 2.45) is 0 Å². The molecular weight excluding hydrogens is 352 g/mol. The molecule has 0 atom stereocenters. The third-order valence-corrected chi connectivity index (χ3v) is 3.69. The molecule has 0 saturated carbocycles. The van der Waals surface area contributed by atoms with Gasteiger partial charge in [0.15, 0.2) is 5.82 Å². The van der Waals surface area contributed by atoms with Gasteiger partial charge in [-0.3, -0.25) is 23.5 Å². The fraction of sp³-hybridized carbons (Fsp3) is 0.222. The first kappa shape index (κ1) is 18.2. The molecule has 1 N–H and O–H groups in total. The number of carbonyl (C=O) groups excluding carboxylic acids is 1. The van der Waals surface area contributed by atoms with Crippen LogP contribution in [0.5, 0.6) is 5.75 Å². The minimum atomic E-state index is -0.824. The van der Waals surface area contributed by atoms with Crippen LogP contribution in [0.4, 0.5) is 5.82 Å². The van der Waals surface area contributed by atoms with Crippen molar-refractivity contribution < 1.29 is 14.1 Å². The summed E-state index contributed by atoms with van der Waals surface area (Å²) in [6.07, 6.45) is 2.80. The number of ether oxygens (including phenoxy) is 1. The number of hydrogen-bond donors (Lipinski definition) is 1. The zero-order chi connectivity index (χ0) is 19.4. The minimum absolute atomic E-state index is 0.240. The molecular formula is C18H18N4O5. The van der Waals surface area contributed by atoms with Crippen LogP contribution in [-0.2, 0) is 11.3 Å². The van der Waals surface area contributed by atoms with E-state index < -0.39 is 17.0 Å². The maximum atomic E-state index is 12.5. The van der Waals surface area contributed by atoms with Crippen molar-refractivity contribution in [2.45, 2.75) is 20.4 Å². The summed E-state index contributed by atoms with van der Waals surface area (Å²) in [5, 5.41) is 6.14. The van der Waals surface area contributed by atoms with Crippen molar-refractivity contribution in [1.29, 1.82) is 0 Å². The van der Waals surface area contributed by atoms with Crippen LogP contribution < -0.4 is 21.2 Å². The Hall–Kier alpha value is -3.62. The summed E-state index contributed by atoms with van der Waals surface area (Å²) in [6.45, 7) is 3.61. The van der Waals surface area contributed by atoms with Crippen molar-refractivity contribution in [3.05, 3.63) is 69.2 Å². The molecule has 0 bridgehead atoms. The SMILES string of the molecule is CCOc1ccccc1-n1ccn(CC(=O)Nc2cc(C)on2)c(=O)c1=O. The van der Waals surface area contributed by atoms with Gasteiger partial charge in [0.25, 0.3) is 0 Å². The highest BCUT2D eigenvalue weighted by atomic mass is 16.5.